The van der Waals surface area contributed by atoms with E-state index in [9.17, 15) is 4.79 Å². The van der Waals surface area contributed by atoms with Crippen molar-refractivity contribution in [3.05, 3.63) is 58.6 Å². The predicted molar refractivity (Wildman–Crippen MR) is 103 cm³/mol. The van der Waals surface area contributed by atoms with Crippen LogP contribution in [0.1, 0.15) is 17.2 Å². The average molecular weight is 378 g/mol. The van der Waals surface area contributed by atoms with E-state index in [1.807, 2.05) is 37.3 Å². The summed E-state index contributed by atoms with van der Waals surface area (Å²) < 4.78 is 11.0. The van der Waals surface area contributed by atoms with E-state index in [-0.39, 0.29) is 18.6 Å². The molecule has 0 aromatic heterocycles. The lowest BCUT2D eigenvalue weighted by atomic mass is 10.0. The number of quaternary nitrogens is 1. The fourth-order valence-corrected chi connectivity index (χ4v) is 2.99. The summed E-state index contributed by atoms with van der Waals surface area (Å²) in [5, 5.41) is 3.59. The maximum atomic E-state index is 12.2. The van der Waals surface area contributed by atoms with Gasteiger partial charge in [-0.3, -0.25) is 4.79 Å². The molecule has 0 aliphatic heterocycles. The summed E-state index contributed by atoms with van der Waals surface area (Å²) in [5.41, 5.74) is 1.96. The standard InChI is InChI=1S/C20H25ClN2O3/c1-14-11-15(21)9-10-18(14)26-13-20(24)22-12-17(23(2)3)16-7-5-6-8-19(16)25-4/h5-11,17H,12-13H2,1-4H3,(H,22,24)/p+1/t17-/m1/s1. The fourth-order valence-electron chi connectivity index (χ4n) is 2.76. The number of carbonyl (C=O) groups is 1. The lowest BCUT2D eigenvalue weighted by Crippen LogP contribution is -3.07. The minimum Gasteiger partial charge on any atom is -0.496 e. The molecule has 2 N–H and O–H groups in total. The first-order valence-corrected chi connectivity index (χ1v) is 8.88. The highest BCUT2D eigenvalue weighted by Crippen LogP contribution is 2.23. The maximum Gasteiger partial charge on any atom is 0.258 e. The Morgan fingerprint density at radius 2 is 1.92 bits per heavy atom. The average Bonchev–Trinajstić information content (AvgIpc) is 2.61. The van der Waals surface area contributed by atoms with Crippen molar-refractivity contribution in [3.63, 3.8) is 0 Å². The van der Waals surface area contributed by atoms with Crippen molar-refractivity contribution < 1.29 is 19.2 Å². The monoisotopic (exact) mass is 377 g/mol. The normalized spacial score (nSPS) is 11.9. The minimum atomic E-state index is -0.166. The van der Waals surface area contributed by atoms with E-state index in [0.29, 0.717) is 17.3 Å². The van der Waals surface area contributed by atoms with Gasteiger partial charge in [-0.25, -0.2) is 0 Å². The molecular weight excluding hydrogens is 352 g/mol. The summed E-state index contributed by atoms with van der Waals surface area (Å²) in [6.07, 6.45) is 0. The van der Waals surface area contributed by atoms with E-state index >= 15 is 0 Å². The molecule has 5 nitrogen and oxygen atoms in total. The highest BCUT2D eigenvalue weighted by Gasteiger charge is 2.22. The molecule has 6 heteroatoms. The van der Waals surface area contributed by atoms with Crippen LogP contribution in [0.3, 0.4) is 0 Å². The smallest absolute Gasteiger partial charge is 0.258 e. The summed E-state index contributed by atoms with van der Waals surface area (Å²) in [5.74, 6) is 1.31. The second-order valence-electron chi connectivity index (χ2n) is 6.37. The first-order chi connectivity index (χ1) is 12.4. The molecule has 1 atom stereocenters. The molecule has 0 bridgehead atoms. The van der Waals surface area contributed by atoms with Gasteiger partial charge < -0.3 is 19.7 Å². The number of methoxy groups -OCH3 is 1. The summed E-state index contributed by atoms with van der Waals surface area (Å²) in [6, 6.07) is 13.3. The van der Waals surface area contributed by atoms with Gasteiger partial charge in [-0.2, -0.15) is 0 Å². The van der Waals surface area contributed by atoms with Crippen LogP contribution in [0.2, 0.25) is 5.02 Å². The number of rotatable bonds is 8. The first-order valence-electron chi connectivity index (χ1n) is 8.51. The van der Waals surface area contributed by atoms with Crippen LogP contribution in [0.5, 0.6) is 11.5 Å². The van der Waals surface area contributed by atoms with Gasteiger partial charge in [0.25, 0.3) is 5.91 Å². The van der Waals surface area contributed by atoms with Crippen LogP contribution in [-0.2, 0) is 4.79 Å². The van der Waals surface area contributed by atoms with Crippen molar-refractivity contribution >= 4 is 17.5 Å². The van der Waals surface area contributed by atoms with Gasteiger partial charge in [0.05, 0.1) is 33.3 Å². The lowest BCUT2D eigenvalue weighted by molar-refractivity contribution is -0.890. The molecule has 2 aromatic rings. The molecule has 0 unspecified atom stereocenters. The van der Waals surface area contributed by atoms with Crippen molar-refractivity contribution in [3.8, 4) is 11.5 Å². The highest BCUT2D eigenvalue weighted by molar-refractivity contribution is 6.30. The second kappa shape index (κ2) is 9.46. The van der Waals surface area contributed by atoms with Gasteiger partial charge in [0, 0.05) is 5.02 Å². The zero-order valence-corrected chi connectivity index (χ0v) is 16.4. The fraction of sp³-hybridized carbons (Fsp3) is 0.350. The van der Waals surface area contributed by atoms with E-state index in [1.165, 1.54) is 4.90 Å². The number of hydrogen-bond donors (Lipinski definition) is 2. The van der Waals surface area contributed by atoms with Crippen molar-refractivity contribution in [1.82, 2.24) is 5.32 Å². The largest absolute Gasteiger partial charge is 0.496 e. The van der Waals surface area contributed by atoms with Gasteiger partial charge in [-0.1, -0.05) is 23.7 Å². The van der Waals surface area contributed by atoms with Crippen LogP contribution >= 0.6 is 11.6 Å². The number of nitrogens with one attached hydrogen (secondary N) is 2. The Hall–Kier alpha value is -2.24. The number of benzene rings is 2. The second-order valence-corrected chi connectivity index (χ2v) is 6.81. The number of amides is 1. The van der Waals surface area contributed by atoms with Gasteiger partial charge >= 0.3 is 0 Å². The molecule has 0 radical (unpaired) electrons. The molecule has 0 fully saturated rings. The Labute approximate surface area is 159 Å². The van der Waals surface area contributed by atoms with Gasteiger partial charge in [0.1, 0.15) is 17.5 Å². The van der Waals surface area contributed by atoms with E-state index in [4.69, 9.17) is 21.1 Å². The van der Waals surface area contributed by atoms with Gasteiger partial charge in [0.2, 0.25) is 0 Å². The first kappa shape index (κ1) is 20.1. The number of hydrogen-bond acceptors (Lipinski definition) is 3. The predicted octanol–water partition coefficient (Wildman–Crippen LogP) is 2.04. The van der Waals surface area contributed by atoms with E-state index in [2.05, 4.69) is 19.4 Å². The third-order valence-corrected chi connectivity index (χ3v) is 4.45. The van der Waals surface area contributed by atoms with Crippen molar-refractivity contribution in [2.45, 2.75) is 13.0 Å². The highest BCUT2D eigenvalue weighted by atomic mass is 35.5. The molecule has 0 heterocycles. The van der Waals surface area contributed by atoms with Crippen molar-refractivity contribution in [2.24, 2.45) is 0 Å². The zero-order chi connectivity index (χ0) is 19.1. The molecule has 26 heavy (non-hydrogen) atoms. The third-order valence-electron chi connectivity index (χ3n) is 4.21. The molecule has 0 saturated heterocycles. The van der Waals surface area contributed by atoms with Crippen molar-refractivity contribution in [1.29, 1.82) is 0 Å². The number of carbonyl (C=O) groups excluding carboxylic acids is 1. The van der Waals surface area contributed by atoms with Crippen LogP contribution in [0, 0.1) is 6.92 Å². The number of likely N-dealkylation sites (N-methyl/N-ethyl adjacent to an activating group) is 1. The molecule has 2 aromatic carbocycles. The molecular formula is C20H26ClN2O3+. The maximum absolute atomic E-state index is 12.2. The lowest BCUT2D eigenvalue weighted by Gasteiger charge is -2.23. The van der Waals surface area contributed by atoms with Crippen LogP contribution in [-0.4, -0.2) is 40.3 Å². The van der Waals surface area contributed by atoms with Crippen LogP contribution < -0.4 is 19.7 Å². The molecule has 0 spiro atoms. The molecule has 140 valence electrons. The molecule has 0 aliphatic rings. The van der Waals surface area contributed by atoms with Crippen LogP contribution in [0.15, 0.2) is 42.5 Å². The molecule has 2 rings (SSSR count). The summed E-state index contributed by atoms with van der Waals surface area (Å²) >= 11 is 5.93. The number of aryl methyl sites for hydroxylation is 1. The molecule has 1 amide bonds. The van der Waals surface area contributed by atoms with E-state index in [0.717, 1.165) is 16.9 Å². The van der Waals surface area contributed by atoms with Crippen LogP contribution in [0.4, 0.5) is 0 Å². The Balaban J connectivity index is 1.95. The zero-order valence-electron chi connectivity index (χ0n) is 15.6. The Bertz CT molecular complexity index is 750. The third kappa shape index (κ3) is 5.38. The summed E-state index contributed by atoms with van der Waals surface area (Å²) in [7, 11) is 5.76. The van der Waals surface area contributed by atoms with Gasteiger partial charge in [-0.05, 0) is 42.8 Å². The molecule has 0 aliphatic carbocycles. The summed E-state index contributed by atoms with van der Waals surface area (Å²) in [6.45, 7) is 2.35. The van der Waals surface area contributed by atoms with Gasteiger partial charge in [0.15, 0.2) is 6.61 Å². The number of halogens is 1. The Kier molecular flexibility index (Phi) is 7.30. The molecule has 0 saturated carbocycles. The minimum absolute atomic E-state index is 0.0378. The van der Waals surface area contributed by atoms with E-state index in [1.54, 1.807) is 19.2 Å². The SMILES string of the molecule is COc1ccccc1[C@@H](CNC(=O)COc1ccc(Cl)cc1C)[NH+](C)C. The number of ether oxygens (including phenoxy) is 2. The van der Waals surface area contributed by atoms with Crippen LogP contribution in [0.25, 0.3) is 0 Å². The van der Waals surface area contributed by atoms with Gasteiger partial charge in [-0.15, -0.1) is 0 Å². The number of para-hydroxylation sites is 1. The summed E-state index contributed by atoms with van der Waals surface area (Å²) in [4.78, 5) is 13.4. The Morgan fingerprint density at radius 3 is 2.58 bits per heavy atom. The van der Waals surface area contributed by atoms with Crippen molar-refractivity contribution in [2.75, 3.05) is 34.4 Å². The topological polar surface area (TPSA) is 52.0 Å². The van der Waals surface area contributed by atoms with E-state index < -0.39 is 0 Å². The Morgan fingerprint density at radius 1 is 1.19 bits per heavy atom. The quantitative estimate of drug-likeness (QED) is 0.740.